The van der Waals surface area contributed by atoms with Crippen LogP contribution in [0.5, 0.6) is 0 Å². The summed E-state index contributed by atoms with van der Waals surface area (Å²) in [6.45, 7) is 10.2. The molecule has 0 aromatic heterocycles. The molecule has 0 unspecified atom stereocenters. The highest BCUT2D eigenvalue weighted by Crippen LogP contribution is 2.27. The topological polar surface area (TPSA) is 76.4 Å². The second-order valence-electron chi connectivity index (χ2n) is 8.41. The minimum absolute atomic E-state index is 0.00896. The molecule has 0 radical (unpaired) electrons. The van der Waals surface area contributed by atoms with Crippen molar-refractivity contribution in [3.8, 4) is 6.07 Å². The van der Waals surface area contributed by atoms with Crippen LogP contribution in [0.3, 0.4) is 0 Å². The highest BCUT2D eigenvalue weighted by molar-refractivity contribution is 7.89. The van der Waals surface area contributed by atoms with Crippen molar-refractivity contribution in [2.24, 2.45) is 5.92 Å². The summed E-state index contributed by atoms with van der Waals surface area (Å²) >= 11 is 0. The maximum absolute atomic E-state index is 12.6. The maximum Gasteiger partial charge on any atom is 0.240 e. The zero-order valence-corrected chi connectivity index (χ0v) is 17.8. The highest BCUT2D eigenvalue weighted by Gasteiger charge is 2.28. The number of nitrogens with zero attached hydrogens (tertiary/aromatic N) is 3. The SMILES string of the molecule is CC(C)N1CCN(CC2CCC(NS(=O)(=O)c3ccc(C#N)cc3)CC2)CC1. The van der Waals surface area contributed by atoms with Gasteiger partial charge in [-0.1, -0.05) is 0 Å². The first-order valence-electron chi connectivity index (χ1n) is 10.4. The molecule has 0 atom stereocenters. The lowest BCUT2D eigenvalue weighted by Gasteiger charge is -2.39. The lowest BCUT2D eigenvalue weighted by atomic mass is 9.86. The molecule has 2 fully saturated rings. The minimum Gasteiger partial charge on any atom is -0.301 e. The van der Waals surface area contributed by atoms with Crippen molar-refractivity contribution in [2.45, 2.75) is 56.5 Å². The molecule has 1 aliphatic carbocycles. The second-order valence-corrected chi connectivity index (χ2v) is 10.1. The van der Waals surface area contributed by atoms with Gasteiger partial charge in [-0.3, -0.25) is 4.90 Å². The Balaban J connectivity index is 1.44. The third-order valence-electron chi connectivity index (χ3n) is 6.12. The van der Waals surface area contributed by atoms with Crippen molar-refractivity contribution >= 4 is 10.0 Å². The van der Waals surface area contributed by atoms with Crippen molar-refractivity contribution in [1.82, 2.24) is 14.5 Å². The van der Waals surface area contributed by atoms with Gasteiger partial charge < -0.3 is 4.90 Å². The summed E-state index contributed by atoms with van der Waals surface area (Å²) in [6, 6.07) is 8.75. The normalized spacial score (nSPS) is 24.9. The van der Waals surface area contributed by atoms with E-state index >= 15 is 0 Å². The molecule has 1 saturated carbocycles. The summed E-state index contributed by atoms with van der Waals surface area (Å²) in [5.41, 5.74) is 0.466. The summed E-state index contributed by atoms with van der Waals surface area (Å²) in [7, 11) is -3.52. The fraction of sp³-hybridized carbons (Fsp3) is 0.667. The molecule has 1 aromatic carbocycles. The Morgan fingerprint density at radius 3 is 2.21 bits per heavy atom. The Hall–Kier alpha value is -1.46. The van der Waals surface area contributed by atoms with Crippen LogP contribution in [0.2, 0.25) is 0 Å². The molecule has 0 amide bonds. The Kier molecular flexibility index (Phi) is 7.10. The molecule has 28 heavy (non-hydrogen) atoms. The maximum atomic E-state index is 12.6. The third kappa shape index (κ3) is 5.54. The number of hydrogen-bond donors (Lipinski definition) is 1. The number of hydrogen-bond acceptors (Lipinski definition) is 5. The zero-order chi connectivity index (χ0) is 20.1. The molecular weight excluding hydrogens is 372 g/mol. The highest BCUT2D eigenvalue weighted by atomic mass is 32.2. The molecule has 3 rings (SSSR count). The van der Waals surface area contributed by atoms with E-state index in [0.717, 1.165) is 58.4 Å². The third-order valence-corrected chi connectivity index (χ3v) is 7.65. The fourth-order valence-corrected chi connectivity index (χ4v) is 5.59. The number of nitrogens with one attached hydrogen (secondary N) is 1. The number of sulfonamides is 1. The molecule has 1 heterocycles. The molecule has 2 aliphatic rings. The first kappa shape index (κ1) is 21.3. The van der Waals surface area contributed by atoms with E-state index < -0.39 is 10.0 Å². The molecule has 6 nitrogen and oxygen atoms in total. The minimum atomic E-state index is -3.52. The van der Waals surface area contributed by atoms with Gasteiger partial charge >= 0.3 is 0 Å². The van der Waals surface area contributed by atoms with Crippen LogP contribution >= 0.6 is 0 Å². The molecule has 0 bridgehead atoms. The molecule has 1 N–H and O–H groups in total. The van der Waals surface area contributed by atoms with Crippen LogP contribution in [0.15, 0.2) is 29.2 Å². The molecule has 1 aromatic rings. The van der Waals surface area contributed by atoms with E-state index in [1.165, 1.54) is 12.1 Å². The van der Waals surface area contributed by atoms with Gasteiger partial charge in [0.1, 0.15) is 0 Å². The van der Waals surface area contributed by atoms with Crippen LogP contribution < -0.4 is 4.72 Å². The van der Waals surface area contributed by atoms with Gasteiger partial charge in [-0.15, -0.1) is 0 Å². The van der Waals surface area contributed by atoms with Crippen LogP contribution in [-0.4, -0.2) is 63.0 Å². The van der Waals surface area contributed by atoms with Crippen molar-refractivity contribution in [3.05, 3.63) is 29.8 Å². The van der Waals surface area contributed by atoms with Gasteiger partial charge in [0, 0.05) is 44.8 Å². The monoisotopic (exact) mass is 404 g/mol. The Bertz CT molecular complexity index is 770. The van der Waals surface area contributed by atoms with Crippen molar-refractivity contribution in [3.63, 3.8) is 0 Å². The van der Waals surface area contributed by atoms with E-state index in [2.05, 4.69) is 28.4 Å². The van der Waals surface area contributed by atoms with E-state index in [1.54, 1.807) is 12.1 Å². The average molecular weight is 405 g/mol. The largest absolute Gasteiger partial charge is 0.301 e. The van der Waals surface area contributed by atoms with Crippen molar-refractivity contribution in [1.29, 1.82) is 5.26 Å². The van der Waals surface area contributed by atoms with Crippen LogP contribution in [0.4, 0.5) is 0 Å². The van der Waals surface area contributed by atoms with Crippen LogP contribution in [0.25, 0.3) is 0 Å². The van der Waals surface area contributed by atoms with Crippen LogP contribution in [0.1, 0.15) is 45.1 Å². The summed E-state index contributed by atoms with van der Waals surface area (Å²) in [4.78, 5) is 5.34. The summed E-state index contributed by atoms with van der Waals surface area (Å²) < 4.78 is 28.0. The molecule has 1 saturated heterocycles. The molecule has 7 heteroatoms. The van der Waals surface area contributed by atoms with E-state index in [9.17, 15) is 8.42 Å². The lowest BCUT2D eigenvalue weighted by Crippen LogP contribution is -2.50. The second kappa shape index (κ2) is 9.36. The fourth-order valence-electron chi connectivity index (χ4n) is 4.29. The summed E-state index contributed by atoms with van der Waals surface area (Å²) in [5.74, 6) is 0.668. The zero-order valence-electron chi connectivity index (χ0n) is 17.0. The number of benzene rings is 1. The number of piperazine rings is 1. The standard InChI is InChI=1S/C21H32N4O2S/c1-17(2)25-13-11-24(12-14-25)16-19-3-7-20(8-4-19)23-28(26,27)21-9-5-18(15-22)6-10-21/h5-6,9-10,17,19-20,23H,3-4,7-8,11-14,16H2,1-2H3. The smallest absolute Gasteiger partial charge is 0.240 e. The van der Waals surface area contributed by atoms with Crippen molar-refractivity contribution in [2.75, 3.05) is 32.7 Å². The van der Waals surface area contributed by atoms with E-state index in [-0.39, 0.29) is 10.9 Å². The summed E-state index contributed by atoms with van der Waals surface area (Å²) in [5, 5.41) is 8.85. The van der Waals surface area contributed by atoms with Gasteiger partial charge in [-0.2, -0.15) is 5.26 Å². The van der Waals surface area contributed by atoms with Crippen LogP contribution in [0, 0.1) is 17.2 Å². The predicted octanol–water partition coefficient (Wildman–Crippen LogP) is 2.42. The van der Waals surface area contributed by atoms with E-state index in [1.807, 2.05) is 6.07 Å². The van der Waals surface area contributed by atoms with Crippen LogP contribution in [-0.2, 0) is 10.0 Å². The molecule has 1 aliphatic heterocycles. The predicted molar refractivity (Wildman–Crippen MR) is 110 cm³/mol. The van der Waals surface area contributed by atoms with Gasteiger partial charge in [0.25, 0.3) is 0 Å². The molecule has 154 valence electrons. The first-order chi connectivity index (χ1) is 13.4. The van der Waals surface area contributed by atoms with Gasteiger partial charge in [-0.05, 0) is 69.7 Å². The number of rotatable bonds is 6. The Labute approximate surface area is 169 Å². The molecule has 0 spiro atoms. The quantitative estimate of drug-likeness (QED) is 0.788. The van der Waals surface area contributed by atoms with Gasteiger partial charge in [0.15, 0.2) is 0 Å². The van der Waals surface area contributed by atoms with Gasteiger partial charge in [0.2, 0.25) is 10.0 Å². The summed E-state index contributed by atoms with van der Waals surface area (Å²) in [6.07, 6.45) is 3.94. The van der Waals surface area contributed by atoms with E-state index in [0.29, 0.717) is 17.5 Å². The average Bonchev–Trinajstić information content (AvgIpc) is 2.70. The lowest BCUT2D eigenvalue weighted by molar-refractivity contribution is 0.0895. The Morgan fingerprint density at radius 1 is 1.07 bits per heavy atom. The van der Waals surface area contributed by atoms with E-state index in [4.69, 9.17) is 5.26 Å². The van der Waals surface area contributed by atoms with Crippen molar-refractivity contribution < 1.29 is 8.42 Å². The Morgan fingerprint density at radius 2 is 1.68 bits per heavy atom. The van der Waals surface area contributed by atoms with Gasteiger partial charge in [-0.25, -0.2) is 13.1 Å². The van der Waals surface area contributed by atoms with Gasteiger partial charge in [0.05, 0.1) is 16.5 Å². The number of nitriles is 1. The first-order valence-corrected chi connectivity index (χ1v) is 11.8. The molecular formula is C21H32N4O2S.